The van der Waals surface area contributed by atoms with E-state index >= 15 is 0 Å². The van der Waals surface area contributed by atoms with E-state index in [0.717, 1.165) is 38.6 Å². The van der Waals surface area contributed by atoms with Crippen LogP contribution in [0.3, 0.4) is 0 Å². The van der Waals surface area contributed by atoms with Crippen LogP contribution < -0.4 is 4.80 Å². The van der Waals surface area contributed by atoms with Crippen LogP contribution in [0.15, 0.2) is 70.2 Å². The summed E-state index contributed by atoms with van der Waals surface area (Å²) >= 11 is 7.77. The van der Waals surface area contributed by atoms with Crippen molar-refractivity contribution in [1.29, 1.82) is 0 Å². The Labute approximate surface area is 185 Å². The molecule has 1 aromatic heterocycles. The number of hydrogen-bond acceptors (Lipinski definition) is 3. The largest absolute Gasteiger partial charge is 0.284 e. The van der Waals surface area contributed by atoms with Gasteiger partial charge in [-0.1, -0.05) is 41.9 Å². The number of thiazole rings is 1. The van der Waals surface area contributed by atoms with Crippen molar-refractivity contribution in [3.63, 3.8) is 0 Å². The molecule has 3 nitrogen and oxygen atoms in total. The number of rotatable bonds is 3. The molecule has 0 atom stereocenters. The third-order valence-corrected chi connectivity index (χ3v) is 8.16. The molecule has 1 heterocycles. The van der Waals surface area contributed by atoms with E-state index in [2.05, 4.69) is 46.3 Å². The van der Waals surface area contributed by atoms with Gasteiger partial charge in [0.1, 0.15) is 0 Å². The third kappa shape index (κ3) is 3.27. The minimum atomic E-state index is 0.672. The van der Waals surface area contributed by atoms with Crippen molar-refractivity contribution in [2.75, 3.05) is 0 Å². The van der Waals surface area contributed by atoms with Crippen LogP contribution in [0.1, 0.15) is 32.1 Å². The van der Waals surface area contributed by atoms with Gasteiger partial charge in [-0.05, 0) is 85.6 Å². The van der Waals surface area contributed by atoms with Gasteiger partial charge in [0.15, 0.2) is 0 Å². The maximum Gasteiger partial charge on any atom is 0.215 e. The summed E-state index contributed by atoms with van der Waals surface area (Å²) in [4.78, 5) is 0.924. The van der Waals surface area contributed by atoms with E-state index in [1.165, 1.54) is 37.8 Å². The molecular weight excluding hydrogens is 410 g/mol. The number of halogens is 1. The lowest BCUT2D eigenvalue weighted by Gasteiger charge is -2.50. The average molecular weight is 434 g/mol. The molecule has 30 heavy (non-hydrogen) atoms. The lowest BCUT2D eigenvalue weighted by molar-refractivity contribution is 0.108. The first-order chi connectivity index (χ1) is 14.7. The molecule has 152 valence electrons. The molecular formula is C25H24ClN3S. The fourth-order valence-electron chi connectivity index (χ4n) is 5.96. The number of para-hydroxylation sites is 1. The van der Waals surface area contributed by atoms with Gasteiger partial charge < -0.3 is 0 Å². The van der Waals surface area contributed by atoms with Crippen molar-refractivity contribution in [2.24, 2.45) is 33.9 Å². The average Bonchev–Trinajstić information content (AvgIpc) is 3.18. The van der Waals surface area contributed by atoms with Crippen LogP contribution in [0.25, 0.3) is 16.9 Å². The normalized spacial score (nSPS) is 27.6. The second-order valence-corrected chi connectivity index (χ2v) is 10.3. The van der Waals surface area contributed by atoms with Crippen molar-refractivity contribution in [3.05, 3.63) is 69.8 Å². The van der Waals surface area contributed by atoms with Crippen molar-refractivity contribution in [2.45, 2.75) is 32.1 Å². The summed E-state index contributed by atoms with van der Waals surface area (Å²) in [5, 5.41) is 12.7. The van der Waals surface area contributed by atoms with Crippen molar-refractivity contribution in [1.82, 2.24) is 4.57 Å². The van der Waals surface area contributed by atoms with Crippen molar-refractivity contribution < 1.29 is 0 Å². The Kier molecular flexibility index (Phi) is 4.65. The van der Waals surface area contributed by atoms with Gasteiger partial charge in [0.05, 0.1) is 5.69 Å². The standard InChI is InChI=1S/C25H24ClN3S/c26-21-8-6-18(7-9-21)23-15-30-25(29(23)22-4-2-1-3-5-22)28-27-24-19-11-16-10-17(13-19)14-20(24)12-16/h1-9,15-17,19-20H,10-14H2/b27-24?,28-25+. The minimum absolute atomic E-state index is 0.672. The van der Waals surface area contributed by atoms with E-state index in [4.69, 9.17) is 21.8 Å². The molecule has 4 fully saturated rings. The predicted octanol–water partition coefficient (Wildman–Crippen LogP) is 6.57. The first-order valence-electron chi connectivity index (χ1n) is 10.9. The summed E-state index contributed by atoms with van der Waals surface area (Å²) < 4.78 is 2.22. The molecule has 0 amide bonds. The molecule has 0 N–H and O–H groups in total. The highest BCUT2D eigenvalue weighted by molar-refractivity contribution is 7.07. The number of benzene rings is 2. The molecule has 0 saturated heterocycles. The van der Waals surface area contributed by atoms with E-state index < -0.39 is 0 Å². The van der Waals surface area contributed by atoms with Crippen molar-refractivity contribution in [3.8, 4) is 16.9 Å². The Morgan fingerprint density at radius 2 is 1.47 bits per heavy atom. The number of aromatic nitrogens is 1. The van der Waals surface area contributed by atoms with Gasteiger partial charge >= 0.3 is 0 Å². The van der Waals surface area contributed by atoms with Gasteiger partial charge in [-0.15, -0.1) is 16.4 Å². The Morgan fingerprint density at radius 1 is 0.800 bits per heavy atom. The monoisotopic (exact) mass is 433 g/mol. The van der Waals surface area contributed by atoms with Gasteiger partial charge in [-0.25, -0.2) is 0 Å². The SMILES string of the molecule is Clc1ccc(-c2cs/c(=N/N=C3C4CC5CC(C4)CC3C5)n2-c2ccccc2)cc1. The van der Waals surface area contributed by atoms with Crippen LogP contribution >= 0.6 is 22.9 Å². The second-order valence-electron chi connectivity index (χ2n) is 9.01. The summed E-state index contributed by atoms with van der Waals surface area (Å²) in [6.45, 7) is 0. The van der Waals surface area contributed by atoms with Crippen LogP contribution in [0.5, 0.6) is 0 Å². The Hall–Kier alpha value is -2.17. The zero-order chi connectivity index (χ0) is 20.1. The van der Waals surface area contributed by atoms with Crippen LogP contribution in [0.4, 0.5) is 0 Å². The summed E-state index contributed by atoms with van der Waals surface area (Å²) in [6, 6.07) is 18.4. The lowest BCUT2D eigenvalue weighted by atomic mass is 9.55. The van der Waals surface area contributed by atoms with Gasteiger partial charge in [-0.2, -0.15) is 5.10 Å². The highest BCUT2D eigenvalue weighted by Gasteiger charge is 2.46. The molecule has 3 aromatic rings. The molecule has 4 bridgehead atoms. The van der Waals surface area contributed by atoms with E-state index in [0.29, 0.717) is 11.8 Å². The highest BCUT2D eigenvalue weighted by Crippen LogP contribution is 2.52. The smallest absolute Gasteiger partial charge is 0.215 e. The molecule has 0 spiro atoms. The van der Waals surface area contributed by atoms with Gasteiger partial charge in [-0.3, -0.25) is 4.57 Å². The van der Waals surface area contributed by atoms with E-state index in [-0.39, 0.29) is 0 Å². The first-order valence-corrected chi connectivity index (χ1v) is 12.1. The third-order valence-electron chi connectivity index (χ3n) is 7.09. The Balaban J connectivity index is 1.45. The van der Waals surface area contributed by atoms with Gasteiger partial charge in [0, 0.05) is 21.8 Å². The fourth-order valence-corrected chi connectivity index (χ4v) is 6.94. The van der Waals surface area contributed by atoms with Crippen LogP contribution in [-0.4, -0.2) is 10.3 Å². The van der Waals surface area contributed by atoms with Gasteiger partial charge in [0.2, 0.25) is 4.80 Å². The molecule has 2 aromatic carbocycles. The predicted molar refractivity (Wildman–Crippen MR) is 124 cm³/mol. The summed E-state index contributed by atoms with van der Waals surface area (Å²) in [5.41, 5.74) is 4.73. The van der Waals surface area contributed by atoms with Crippen molar-refractivity contribution >= 4 is 28.6 Å². The molecule has 7 rings (SSSR count). The summed E-state index contributed by atoms with van der Waals surface area (Å²) in [5.74, 6) is 3.23. The van der Waals surface area contributed by atoms with E-state index in [1.807, 2.05) is 18.2 Å². The molecule has 0 unspecified atom stereocenters. The van der Waals surface area contributed by atoms with E-state index in [9.17, 15) is 0 Å². The maximum absolute atomic E-state index is 6.12. The maximum atomic E-state index is 6.12. The summed E-state index contributed by atoms with van der Waals surface area (Å²) in [7, 11) is 0. The number of nitrogens with zero attached hydrogens (tertiary/aromatic N) is 3. The summed E-state index contributed by atoms with van der Waals surface area (Å²) in [6.07, 6.45) is 6.79. The second kappa shape index (κ2) is 7.51. The molecule has 0 radical (unpaired) electrons. The van der Waals surface area contributed by atoms with E-state index in [1.54, 1.807) is 11.3 Å². The Morgan fingerprint density at radius 3 is 2.13 bits per heavy atom. The lowest BCUT2D eigenvalue weighted by Crippen LogP contribution is -2.45. The Bertz CT molecular complexity index is 1130. The molecule has 4 aliphatic carbocycles. The van der Waals surface area contributed by atoms with Crippen LogP contribution in [0.2, 0.25) is 5.02 Å². The van der Waals surface area contributed by atoms with Crippen LogP contribution in [0, 0.1) is 23.7 Å². The molecule has 5 heteroatoms. The zero-order valence-corrected chi connectivity index (χ0v) is 18.3. The first kappa shape index (κ1) is 18.6. The quantitative estimate of drug-likeness (QED) is 0.418. The number of hydrogen-bond donors (Lipinski definition) is 0. The zero-order valence-electron chi connectivity index (χ0n) is 16.7. The fraction of sp³-hybridized carbons (Fsp3) is 0.360. The minimum Gasteiger partial charge on any atom is -0.284 e. The van der Waals surface area contributed by atoms with Crippen LogP contribution in [-0.2, 0) is 0 Å². The van der Waals surface area contributed by atoms with Gasteiger partial charge in [0.25, 0.3) is 0 Å². The molecule has 4 saturated carbocycles. The molecule has 4 aliphatic rings. The molecule has 0 aliphatic heterocycles. The highest BCUT2D eigenvalue weighted by atomic mass is 35.5. The topological polar surface area (TPSA) is 29.6 Å².